The van der Waals surface area contributed by atoms with E-state index in [1.165, 1.54) is 19.3 Å². The van der Waals surface area contributed by atoms with Gasteiger partial charge in [-0.1, -0.05) is 37.5 Å². The van der Waals surface area contributed by atoms with Crippen molar-refractivity contribution >= 4 is 22.7 Å². The number of aromatic nitrogens is 2. The number of ether oxygens (including phenoxy) is 1. The van der Waals surface area contributed by atoms with Gasteiger partial charge in [-0.25, -0.2) is 4.98 Å². The summed E-state index contributed by atoms with van der Waals surface area (Å²) in [5, 5.41) is 13.5. The molecule has 148 valence electrons. The average molecular weight is 387 g/mol. The molecular weight excluding hydrogens is 362 g/mol. The third-order valence-corrected chi connectivity index (χ3v) is 5.32. The quantitative estimate of drug-likeness (QED) is 0.645. The number of anilines is 2. The van der Waals surface area contributed by atoms with Gasteiger partial charge in [0.25, 0.3) is 0 Å². The van der Waals surface area contributed by atoms with Crippen LogP contribution in [0.15, 0.2) is 42.5 Å². The van der Waals surface area contributed by atoms with Gasteiger partial charge in [0.1, 0.15) is 17.6 Å². The molecule has 1 aromatic heterocycles. The van der Waals surface area contributed by atoms with E-state index >= 15 is 0 Å². The third-order valence-electron chi connectivity index (χ3n) is 5.32. The molecule has 1 aliphatic carbocycles. The van der Waals surface area contributed by atoms with Crippen molar-refractivity contribution in [1.29, 1.82) is 5.26 Å². The van der Waals surface area contributed by atoms with Crippen molar-refractivity contribution in [3.8, 4) is 22.9 Å². The summed E-state index contributed by atoms with van der Waals surface area (Å²) in [7, 11) is 0. The predicted molar refractivity (Wildman–Crippen MR) is 116 cm³/mol. The first-order chi connectivity index (χ1) is 14.1. The topological polar surface area (TPSA) is 96.8 Å². The van der Waals surface area contributed by atoms with Gasteiger partial charge in [0, 0.05) is 11.4 Å². The van der Waals surface area contributed by atoms with E-state index in [-0.39, 0.29) is 5.95 Å². The summed E-state index contributed by atoms with van der Waals surface area (Å²) in [6, 6.07) is 16.4. The summed E-state index contributed by atoms with van der Waals surface area (Å²) in [6.45, 7) is 1.73. The first-order valence-electron chi connectivity index (χ1n) is 10.1. The molecule has 0 aliphatic heterocycles. The zero-order chi connectivity index (χ0) is 20.2. The van der Waals surface area contributed by atoms with Crippen LogP contribution in [0.4, 0.5) is 11.8 Å². The van der Waals surface area contributed by atoms with E-state index in [0.29, 0.717) is 11.8 Å². The number of nitriles is 1. The standard InChI is InChI=1S/C23H25N5O/c1-15(14-24)29-19-9-5-6-16(12-19)17-10-11-21-20(13-17)22(28-23(25)27-21)26-18-7-3-2-4-8-18/h5-6,9-13,15,18H,2-4,7-8H2,1H3,(H3,25,26,27,28). The molecule has 3 aromatic rings. The van der Waals surface area contributed by atoms with Crippen molar-refractivity contribution in [2.24, 2.45) is 0 Å². The molecular formula is C23H25N5O. The minimum atomic E-state index is -0.496. The van der Waals surface area contributed by atoms with Crippen molar-refractivity contribution in [2.75, 3.05) is 11.1 Å². The van der Waals surface area contributed by atoms with E-state index in [2.05, 4.69) is 27.4 Å². The Bertz CT molecular complexity index is 1050. The Kier molecular flexibility index (Phi) is 5.48. The van der Waals surface area contributed by atoms with E-state index in [4.69, 9.17) is 15.7 Å². The number of hydrogen-bond donors (Lipinski definition) is 2. The first-order valence-corrected chi connectivity index (χ1v) is 10.1. The minimum absolute atomic E-state index is 0.282. The van der Waals surface area contributed by atoms with Crippen molar-refractivity contribution in [3.63, 3.8) is 0 Å². The van der Waals surface area contributed by atoms with Gasteiger partial charge >= 0.3 is 0 Å². The molecule has 6 heteroatoms. The molecule has 3 N–H and O–H groups in total. The number of nitrogens with two attached hydrogens (primary N) is 1. The lowest BCUT2D eigenvalue weighted by atomic mass is 9.95. The van der Waals surface area contributed by atoms with Crippen LogP contribution in [0.25, 0.3) is 22.0 Å². The largest absolute Gasteiger partial charge is 0.476 e. The Morgan fingerprint density at radius 3 is 2.69 bits per heavy atom. The fraction of sp³-hybridized carbons (Fsp3) is 0.348. The average Bonchev–Trinajstić information content (AvgIpc) is 2.74. The van der Waals surface area contributed by atoms with Crippen molar-refractivity contribution in [1.82, 2.24) is 9.97 Å². The van der Waals surface area contributed by atoms with Gasteiger partial charge in [0.2, 0.25) is 5.95 Å². The summed E-state index contributed by atoms with van der Waals surface area (Å²) >= 11 is 0. The smallest absolute Gasteiger partial charge is 0.222 e. The molecule has 0 amide bonds. The maximum Gasteiger partial charge on any atom is 0.222 e. The van der Waals surface area contributed by atoms with Gasteiger partial charge < -0.3 is 15.8 Å². The van der Waals surface area contributed by atoms with Crippen molar-refractivity contribution in [2.45, 2.75) is 51.2 Å². The molecule has 1 aliphatic rings. The lowest BCUT2D eigenvalue weighted by molar-refractivity contribution is 0.276. The molecule has 1 fully saturated rings. The van der Waals surface area contributed by atoms with Crippen LogP contribution in [0.5, 0.6) is 5.75 Å². The van der Waals surface area contributed by atoms with E-state index in [9.17, 15) is 0 Å². The monoisotopic (exact) mass is 387 g/mol. The lowest BCUT2D eigenvalue weighted by Gasteiger charge is -2.24. The Morgan fingerprint density at radius 2 is 1.90 bits per heavy atom. The van der Waals surface area contributed by atoms with E-state index in [1.54, 1.807) is 6.92 Å². The number of nitrogens with zero attached hydrogens (tertiary/aromatic N) is 3. The van der Waals surface area contributed by atoms with Gasteiger partial charge in [0.05, 0.1) is 5.52 Å². The molecule has 0 bridgehead atoms. The second kappa shape index (κ2) is 8.36. The zero-order valence-electron chi connectivity index (χ0n) is 16.6. The summed E-state index contributed by atoms with van der Waals surface area (Å²) < 4.78 is 5.64. The lowest BCUT2D eigenvalue weighted by Crippen LogP contribution is -2.23. The molecule has 1 unspecified atom stereocenters. The number of nitrogens with one attached hydrogen (secondary N) is 1. The van der Waals surface area contributed by atoms with Crippen LogP contribution in [0.1, 0.15) is 39.0 Å². The Labute approximate surface area is 170 Å². The number of hydrogen-bond acceptors (Lipinski definition) is 6. The van der Waals surface area contributed by atoms with Gasteiger partial charge in [-0.15, -0.1) is 0 Å². The molecule has 0 spiro atoms. The molecule has 1 atom stereocenters. The zero-order valence-corrected chi connectivity index (χ0v) is 16.6. The highest BCUT2D eigenvalue weighted by molar-refractivity contribution is 5.93. The van der Waals surface area contributed by atoms with E-state index in [0.717, 1.165) is 40.7 Å². The van der Waals surface area contributed by atoms with Gasteiger partial charge in [-0.05, 0) is 55.2 Å². The Balaban J connectivity index is 1.70. The highest BCUT2D eigenvalue weighted by Crippen LogP contribution is 2.31. The molecule has 0 saturated heterocycles. The molecule has 2 aromatic carbocycles. The molecule has 6 nitrogen and oxygen atoms in total. The van der Waals surface area contributed by atoms with Crippen LogP contribution >= 0.6 is 0 Å². The number of nitrogen functional groups attached to an aromatic ring is 1. The Morgan fingerprint density at radius 1 is 1.10 bits per heavy atom. The maximum absolute atomic E-state index is 8.98. The SMILES string of the molecule is CC(C#N)Oc1cccc(-c2ccc3nc(N)nc(NC4CCCCC4)c3c2)c1. The van der Waals surface area contributed by atoms with Crippen molar-refractivity contribution < 1.29 is 4.74 Å². The highest BCUT2D eigenvalue weighted by atomic mass is 16.5. The van der Waals surface area contributed by atoms with Crippen LogP contribution in [0.2, 0.25) is 0 Å². The van der Waals surface area contributed by atoms with Crippen LogP contribution in [0.3, 0.4) is 0 Å². The predicted octanol–water partition coefficient (Wildman–Crippen LogP) is 4.91. The number of benzene rings is 2. The molecule has 4 rings (SSSR count). The summed E-state index contributed by atoms with van der Waals surface area (Å²) in [5.41, 5.74) is 8.82. The fourth-order valence-electron chi connectivity index (χ4n) is 3.86. The second-order valence-electron chi connectivity index (χ2n) is 7.56. The number of rotatable bonds is 5. The van der Waals surface area contributed by atoms with Gasteiger partial charge in [-0.2, -0.15) is 10.2 Å². The first kappa shape index (κ1) is 19.0. The molecule has 29 heavy (non-hydrogen) atoms. The van der Waals surface area contributed by atoms with E-state index < -0.39 is 6.10 Å². The summed E-state index contributed by atoms with van der Waals surface area (Å²) in [5.74, 6) is 1.75. The van der Waals surface area contributed by atoms with Crippen LogP contribution in [0, 0.1) is 11.3 Å². The van der Waals surface area contributed by atoms with Crippen LogP contribution in [-0.2, 0) is 0 Å². The summed E-state index contributed by atoms with van der Waals surface area (Å²) in [6.07, 6.45) is 5.61. The number of fused-ring (bicyclic) bond motifs is 1. The van der Waals surface area contributed by atoms with Crippen LogP contribution < -0.4 is 15.8 Å². The van der Waals surface area contributed by atoms with Crippen molar-refractivity contribution in [3.05, 3.63) is 42.5 Å². The molecule has 1 saturated carbocycles. The van der Waals surface area contributed by atoms with Gasteiger partial charge in [-0.3, -0.25) is 0 Å². The molecule has 0 radical (unpaired) electrons. The molecule has 1 heterocycles. The fourth-order valence-corrected chi connectivity index (χ4v) is 3.86. The van der Waals surface area contributed by atoms with Gasteiger partial charge in [0.15, 0.2) is 6.10 Å². The Hall–Kier alpha value is -3.33. The maximum atomic E-state index is 8.98. The van der Waals surface area contributed by atoms with Crippen LogP contribution in [-0.4, -0.2) is 22.1 Å². The third kappa shape index (κ3) is 4.40. The minimum Gasteiger partial charge on any atom is -0.476 e. The second-order valence-corrected chi connectivity index (χ2v) is 7.56. The normalized spacial score (nSPS) is 15.6. The summed E-state index contributed by atoms with van der Waals surface area (Å²) in [4.78, 5) is 8.89. The highest BCUT2D eigenvalue weighted by Gasteiger charge is 2.16. The van der Waals surface area contributed by atoms with E-state index in [1.807, 2.05) is 36.4 Å².